The number of aryl methyl sites for hydroxylation is 1. The second-order valence-corrected chi connectivity index (χ2v) is 3.21. The quantitative estimate of drug-likeness (QED) is 0.594. The van der Waals surface area contributed by atoms with Crippen molar-refractivity contribution in [2.75, 3.05) is 12.1 Å². The van der Waals surface area contributed by atoms with Crippen LogP contribution < -0.4 is 5.43 Å². The van der Waals surface area contributed by atoms with Crippen molar-refractivity contribution in [2.45, 2.75) is 13.3 Å². The maximum Gasteiger partial charge on any atom is 0.351 e. The molecule has 1 aromatic carbocycles. The van der Waals surface area contributed by atoms with Crippen LogP contribution in [0.15, 0.2) is 29.4 Å². The van der Waals surface area contributed by atoms with Gasteiger partial charge in [-0.15, -0.1) is 0 Å². The summed E-state index contributed by atoms with van der Waals surface area (Å²) in [6, 6.07) is 7.07. The van der Waals surface area contributed by atoms with Gasteiger partial charge in [-0.3, -0.25) is 9.82 Å². The van der Waals surface area contributed by atoms with Crippen LogP contribution in [0.4, 0.5) is 10.1 Å². The van der Waals surface area contributed by atoms with Crippen molar-refractivity contribution in [2.24, 2.45) is 5.10 Å². The van der Waals surface area contributed by atoms with E-state index < -0.39 is 12.6 Å². The number of aliphatic carboxylic acids is 1. The van der Waals surface area contributed by atoms with Gasteiger partial charge in [0.15, 0.2) is 0 Å². The topological polar surface area (TPSA) is 61.7 Å². The van der Waals surface area contributed by atoms with E-state index in [0.29, 0.717) is 5.69 Å². The van der Waals surface area contributed by atoms with E-state index >= 15 is 0 Å². The second kappa shape index (κ2) is 5.85. The molecule has 0 aliphatic rings. The number of para-hydroxylation sites is 1. The second-order valence-electron chi connectivity index (χ2n) is 3.21. The molecule has 0 amide bonds. The standard InChI is InChI=1S/C11H13FN2O2/c1-8(11(15)16)13-14-10-5-3-2-4-9(10)6-7-12/h2-5,14H,6-7H2,1H3,(H,15,16). The molecule has 0 aromatic heterocycles. The molecule has 16 heavy (non-hydrogen) atoms. The summed E-state index contributed by atoms with van der Waals surface area (Å²) in [4.78, 5) is 10.5. The Bertz CT molecular complexity index is 405. The number of hydrogen-bond donors (Lipinski definition) is 2. The van der Waals surface area contributed by atoms with Crippen molar-refractivity contribution in [3.63, 3.8) is 0 Å². The molecule has 2 N–H and O–H groups in total. The number of hydrogen-bond acceptors (Lipinski definition) is 3. The van der Waals surface area contributed by atoms with Crippen LogP contribution in [-0.4, -0.2) is 23.5 Å². The third-order valence-electron chi connectivity index (χ3n) is 2.03. The summed E-state index contributed by atoms with van der Waals surface area (Å²) in [5.74, 6) is -1.09. The van der Waals surface area contributed by atoms with Gasteiger partial charge in [0.2, 0.25) is 0 Å². The van der Waals surface area contributed by atoms with Crippen LogP contribution in [-0.2, 0) is 11.2 Å². The Kier molecular flexibility index (Phi) is 4.44. The lowest BCUT2D eigenvalue weighted by molar-refractivity contribution is -0.129. The number of carboxylic acids is 1. The zero-order valence-corrected chi connectivity index (χ0v) is 8.90. The van der Waals surface area contributed by atoms with E-state index in [9.17, 15) is 9.18 Å². The largest absolute Gasteiger partial charge is 0.477 e. The molecule has 0 saturated carbocycles. The summed E-state index contributed by atoms with van der Waals surface area (Å²) in [6.07, 6.45) is 0.283. The van der Waals surface area contributed by atoms with Gasteiger partial charge in [0.05, 0.1) is 12.4 Å². The highest BCUT2D eigenvalue weighted by Crippen LogP contribution is 2.15. The minimum absolute atomic E-state index is 0.0462. The van der Waals surface area contributed by atoms with E-state index in [-0.39, 0.29) is 12.1 Å². The van der Waals surface area contributed by atoms with Crippen LogP contribution in [0.1, 0.15) is 12.5 Å². The number of carbonyl (C=O) groups is 1. The summed E-state index contributed by atoms with van der Waals surface area (Å²) < 4.78 is 12.2. The average Bonchev–Trinajstić information content (AvgIpc) is 2.27. The van der Waals surface area contributed by atoms with Gasteiger partial charge in [0, 0.05) is 6.42 Å². The number of anilines is 1. The molecular formula is C11H13FN2O2. The highest BCUT2D eigenvalue weighted by atomic mass is 19.1. The highest BCUT2D eigenvalue weighted by Gasteiger charge is 2.03. The molecule has 1 aromatic rings. The number of hydrazone groups is 1. The lowest BCUT2D eigenvalue weighted by atomic mass is 10.1. The van der Waals surface area contributed by atoms with Crippen LogP contribution in [0, 0.1) is 0 Å². The molecule has 0 bridgehead atoms. The fraction of sp³-hybridized carbons (Fsp3) is 0.273. The first kappa shape index (κ1) is 12.2. The maximum absolute atomic E-state index is 12.2. The van der Waals surface area contributed by atoms with Gasteiger partial charge in [-0.1, -0.05) is 18.2 Å². The SMILES string of the molecule is CC(=NNc1ccccc1CCF)C(=O)O. The van der Waals surface area contributed by atoms with E-state index in [2.05, 4.69) is 10.5 Å². The lowest BCUT2D eigenvalue weighted by Crippen LogP contribution is -2.10. The maximum atomic E-state index is 12.2. The molecule has 0 atom stereocenters. The molecule has 0 spiro atoms. The zero-order valence-electron chi connectivity index (χ0n) is 8.90. The van der Waals surface area contributed by atoms with E-state index in [0.717, 1.165) is 5.56 Å². The van der Waals surface area contributed by atoms with E-state index in [1.165, 1.54) is 6.92 Å². The molecule has 0 fully saturated rings. The average molecular weight is 224 g/mol. The van der Waals surface area contributed by atoms with Gasteiger partial charge in [0.25, 0.3) is 0 Å². The number of alkyl halides is 1. The monoisotopic (exact) mass is 224 g/mol. The van der Waals surface area contributed by atoms with E-state index in [1.54, 1.807) is 24.3 Å². The van der Waals surface area contributed by atoms with Crippen molar-refractivity contribution in [1.82, 2.24) is 0 Å². The van der Waals surface area contributed by atoms with Crippen molar-refractivity contribution in [3.8, 4) is 0 Å². The summed E-state index contributed by atoms with van der Waals surface area (Å²) in [6.45, 7) is 0.924. The number of nitrogens with one attached hydrogen (secondary N) is 1. The number of rotatable bonds is 5. The van der Waals surface area contributed by atoms with Gasteiger partial charge in [-0.05, 0) is 18.6 Å². The predicted octanol–water partition coefficient (Wildman–Crippen LogP) is 2.07. The fourth-order valence-electron chi connectivity index (χ4n) is 1.14. The minimum atomic E-state index is -1.09. The molecule has 0 heterocycles. The molecule has 86 valence electrons. The Morgan fingerprint density at radius 1 is 1.50 bits per heavy atom. The van der Waals surface area contributed by atoms with E-state index in [4.69, 9.17) is 5.11 Å². The summed E-state index contributed by atoms with van der Waals surface area (Å²) in [5, 5.41) is 12.3. The molecule has 0 aliphatic carbocycles. The number of halogens is 1. The van der Waals surface area contributed by atoms with Crippen molar-refractivity contribution < 1.29 is 14.3 Å². The van der Waals surface area contributed by atoms with Crippen molar-refractivity contribution in [1.29, 1.82) is 0 Å². The summed E-state index contributed by atoms with van der Waals surface area (Å²) in [7, 11) is 0. The van der Waals surface area contributed by atoms with E-state index in [1.807, 2.05) is 0 Å². The summed E-state index contributed by atoms with van der Waals surface area (Å²) in [5.41, 5.74) is 3.97. The Morgan fingerprint density at radius 2 is 2.19 bits per heavy atom. The van der Waals surface area contributed by atoms with Crippen LogP contribution >= 0.6 is 0 Å². The van der Waals surface area contributed by atoms with Gasteiger partial charge < -0.3 is 5.11 Å². The fourth-order valence-corrected chi connectivity index (χ4v) is 1.14. The highest BCUT2D eigenvalue weighted by molar-refractivity contribution is 6.34. The van der Waals surface area contributed by atoms with Gasteiger partial charge in [0.1, 0.15) is 5.71 Å². The molecule has 4 nitrogen and oxygen atoms in total. The first-order valence-electron chi connectivity index (χ1n) is 4.82. The molecule has 0 radical (unpaired) electrons. The van der Waals surface area contributed by atoms with Crippen LogP contribution in [0.5, 0.6) is 0 Å². The third kappa shape index (κ3) is 3.34. The zero-order chi connectivity index (χ0) is 12.0. The number of benzene rings is 1. The lowest BCUT2D eigenvalue weighted by Gasteiger charge is -2.06. The van der Waals surface area contributed by atoms with Gasteiger partial charge >= 0.3 is 5.97 Å². The first-order valence-corrected chi connectivity index (χ1v) is 4.82. The van der Waals surface area contributed by atoms with Gasteiger partial charge in [-0.25, -0.2) is 4.79 Å². The van der Waals surface area contributed by atoms with Crippen LogP contribution in [0.3, 0.4) is 0 Å². The molecule has 5 heteroatoms. The molecule has 1 rings (SSSR count). The molecule has 0 aliphatic heterocycles. The Morgan fingerprint density at radius 3 is 2.81 bits per heavy atom. The minimum Gasteiger partial charge on any atom is -0.477 e. The Hall–Kier alpha value is -1.91. The van der Waals surface area contributed by atoms with Crippen molar-refractivity contribution in [3.05, 3.63) is 29.8 Å². The molecule has 0 saturated heterocycles. The molecular weight excluding hydrogens is 211 g/mol. The summed E-state index contributed by atoms with van der Waals surface area (Å²) >= 11 is 0. The number of nitrogens with zero attached hydrogens (tertiary/aromatic N) is 1. The van der Waals surface area contributed by atoms with Gasteiger partial charge in [-0.2, -0.15) is 5.10 Å². The predicted molar refractivity (Wildman–Crippen MR) is 60.5 cm³/mol. The Balaban J connectivity index is 2.80. The first-order chi connectivity index (χ1) is 7.65. The Labute approximate surface area is 92.8 Å². The number of carboxylic acid groups (broad SMARTS) is 1. The smallest absolute Gasteiger partial charge is 0.351 e. The third-order valence-corrected chi connectivity index (χ3v) is 2.03. The van der Waals surface area contributed by atoms with Crippen molar-refractivity contribution >= 4 is 17.4 Å². The molecule has 0 unspecified atom stereocenters. The normalized spacial score (nSPS) is 11.2. The van der Waals surface area contributed by atoms with Crippen LogP contribution in [0.2, 0.25) is 0 Å². The van der Waals surface area contributed by atoms with Crippen LogP contribution in [0.25, 0.3) is 0 Å².